The molecule has 1 aromatic carbocycles. The fraction of sp³-hybridized carbons (Fsp3) is 0.400. The average molecular weight is 245 g/mol. The Morgan fingerprint density at radius 3 is 2.83 bits per heavy atom. The first kappa shape index (κ1) is 10.1. The van der Waals surface area contributed by atoms with Crippen molar-refractivity contribution in [3.8, 4) is 0 Å². The molecule has 0 bridgehead atoms. The molecule has 0 aliphatic rings. The molecule has 1 unspecified atom stereocenters. The van der Waals surface area contributed by atoms with E-state index >= 15 is 0 Å². The second-order valence-electron chi connectivity index (χ2n) is 2.79. The van der Waals surface area contributed by atoms with Crippen LogP contribution >= 0.6 is 27.7 Å². The van der Waals surface area contributed by atoms with Gasteiger partial charge in [-0.05, 0) is 24.6 Å². The second-order valence-corrected chi connectivity index (χ2v) is 5.22. The van der Waals surface area contributed by atoms with Crippen LogP contribution in [0.1, 0.15) is 20.3 Å². The minimum Gasteiger partial charge on any atom is -0.123 e. The Balaban J connectivity index is 2.63. The molecular formula is C10H13BrS. The molecule has 0 aliphatic carbocycles. The zero-order chi connectivity index (χ0) is 8.97. The number of thioether (sulfide) groups is 1. The predicted octanol–water partition coefficient (Wildman–Crippen LogP) is 4.34. The van der Waals surface area contributed by atoms with Gasteiger partial charge in [0, 0.05) is 14.6 Å². The molecule has 0 heterocycles. The number of hydrogen-bond donors (Lipinski definition) is 0. The summed E-state index contributed by atoms with van der Waals surface area (Å²) < 4.78 is 1.16. The van der Waals surface area contributed by atoms with E-state index in [-0.39, 0.29) is 0 Å². The van der Waals surface area contributed by atoms with Gasteiger partial charge in [-0.1, -0.05) is 35.8 Å². The van der Waals surface area contributed by atoms with Crippen LogP contribution in [0.15, 0.2) is 33.6 Å². The van der Waals surface area contributed by atoms with Crippen molar-refractivity contribution in [1.82, 2.24) is 0 Å². The third kappa shape index (κ3) is 3.20. The fourth-order valence-corrected chi connectivity index (χ4v) is 2.39. The van der Waals surface area contributed by atoms with Gasteiger partial charge in [0.25, 0.3) is 0 Å². The lowest BCUT2D eigenvalue weighted by Gasteiger charge is -2.07. The summed E-state index contributed by atoms with van der Waals surface area (Å²) in [4.78, 5) is 1.35. The quantitative estimate of drug-likeness (QED) is 0.714. The van der Waals surface area contributed by atoms with E-state index in [0.29, 0.717) is 5.25 Å². The van der Waals surface area contributed by atoms with Crippen LogP contribution in [0.25, 0.3) is 0 Å². The molecule has 0 fully saturated rings. The van der Waals surface area contributed by atoms with Gasteiger partial charge >= 0.3 is 0 Å². The van der Waals surface area contributed by atoms with Crippen LogP contribution in [-0.4, -0.2) is 5.25 Å². The third-order valence-electron chi connectivity index (χ3n) is 1.71. The molecule has 1 rings (SSSR count). The molecule has 0 N–H and O–H groups in total. The summed E-state index contributed by atoms with van der Waals surface area (Å²) in [5, 5.41) is 0.708. The Morgan fingerprint density at radius 1 is 1.50 bits per heavy atom. The van der Waals surface area contributed by atoms with Gasteiger partial charge in [0.2, 0.25) is 0 Å². The SMILES string of the molecule is CCC(C)Sc1cccc(Br)c1. The van der Waals surface area contributed by atoms with Crippen molar-refractivity contribution in [2.45, 2.75) is 30.4 Å². The monoisotopic (exact) mass is 244 g/mol. The molecule has 0 amide bonds. The molecule has 0 spiro atoms. The summed E-state index contributed by atoms with van der Waals surface area (Å²) in [5.41, 5.74) is 0. The Labute approximate surface area is 86.9 Å². The van der Waals surface area contributed by atoms with Crippen LogP contribution in [0.5, 0.6) is 0 Å². The van der Waals surface area contributed by atoms with E-state index in [1.807, 2.05) is 11.8 Å². The van der Waals surface area contributed by atoms with E-state index in [1.165, 1.54) is 11.3 Å². The van der Waals surface area contributed by atoms with Crippen molar-refractivity contribution in [2.24, 2.45) is 0 Å². The van der Waals surface area contributed by atoms with Gasteiger partial charge in [0.15, 0.2) is 0 Å². The highest BCUT2D eigenvalue weighted by Gasteiger charge is 2.00. The van der Waals surface area contributed by atoms with Crippen LogP contribution in [0.3, 0.4) is 0 Å². The highest BCUT2D eigenvalue weighted by molar-refractivity contribution is 9.10. The lowest BCUT2D eigenvalue weighted by Crippen LogP contribution is -1.91. The lowest BCUT2D eigenvalue weighted by molar-refractivity contribution is 0.905. The minimum absolute atomic E-state index is 0.708. The zero-order valence-electron chi connectivity index (χ0n) is 7.38. The predicted molar refractivity (Wildman–Crippen MR) is 59.8 cm³/mol. The zero-order valence-corrected chi connectivity index (χ0v) is 9.78. The van der Waals surface area contributed by atoms with Gasteiger partial charge in [-0.15, -0.1) is 11.8 Å². The third-order valence-corrected chi connectivity index (χ3v) is 3.46. The first-order valence-electron chi connectivity index (χ1n) is 4.14. The first-order chi connectivity index (χ1) is 5.72. The van der Waals surface area contributed by atoms with E-state index in [0.717, 1.165) is 4.47 Å². The Hall–Kier alpha value is 0.0500. The maximum absolute atomic E-state index is 3.46. The minimum atomic E-state index is 0.708. The maximum atomic E-state index is 3.46. The van der Waals surface area contributed by atoms with Gasteiger partial charge in [-0.2, -0.15) is 0 Å². The number of halogens is 1. The van der Waals surface area contributed by atoms with Crippen LogP contribution in [0, 0.1) is 0 Å². The molecule has 1 aromatic rings. The highest BCUT2D eigenvalue weighted by Crippen LogP contribution is 2.26. The lowest BCUT2D eigenvalue weighted by atomic mass is 10.4. The van der Waals surface area contributed by atoms with Crippen molar-refractivity contribution >= 4 is 27.7 Å². The topological polar surface area (TPSA) is 0 Å². The second kappa shape index (κ2) is 4.93. The molecule has 0 saturated heterocycles. The number of rotatable bonds is 3. The Bertz CT molecular complexity index is 247. The molecule has 0 aliphatic heterocycles. The van der Waals surface area contributed by atoms with E-state index < -0.39 is 0 Å². The Morgan fingerprint density at radius 2 is 2.25 bits per heavy atom. The van der Waals surface area contributed by atoms with Crippen molar-refractivity contribution in [2.75, 3.05) is 0 Å². The Kier molecular flexibility index (Phi) is 4.16. The van der Waals surface area contributed by atoms with E-state index in [4.69, 9.17) is 0 Å². The normalized spacial score (nSPS) is 12.9. The van der Waals surface area contributed by atoms with Gasteiger partial charge in [0.1, 0.15) is 0 Å². The molecule has 0 aromatic heterocycles. The number of benzene rings is 1. The molecule has 66 valence electrons. The maximum Gasteiger partial charge on any atom is 0.0186 e. The summed E-state index contributed by atoms with van der Waals surface area (Å²) in [5.74, 6) is 0. The van der Waals surface area contributed by atoms with E-state index in [9.17, 15) is 0 Å². The van der Waals surface area contributed by atoms with Crippen LogP contribution in [0.4, 0.5) is 0 Å². The van der Waals surface area contributed by atoms with Crippen LogP contribution in [-0.2, 0) is 0 Å². The number of hydrogen-bond acceptors (Lipinski definition) is 1. The molecule has 1 atom stereocenters. The first-order valence-corrected chi connectivity index (χ1v) is 5.82. The smallest absolute Gasteiger partial charge is 0.0186 e. The van der Waals surface area contributed by atoms with Crippen LogP contribution in [0.2, 0.25) is 0 Å². The summed E-state index contributed by atoms with van der Waals surface area (Å²) in [6, 6.07) is 8.45. The molecule has 0 nitrogen and oxygen atoms in total. The van der Waals surface area contributed by atoms with Gasteiger partial charge in [0.05, 0.1) is 0 Å². The van der Waals surface area contributed by atoms with Gasteiger partial charge < -0.3 is 0 Å². The summed E-state index contributed by atoms with van der Waals surface area (Å²) in [6.07, 6.45) is 1.22. The van der Waals surface area contributed by atoms with Crippen LogP contribution < -0.4 is 0 Å². The van der Waals surface area contributed by atoms with Gasteiger partial charge in [-0.3, -0.25) is 0 Å². The molecule has 0 saturated carbocycles. The van der Waals surface area contributed by atoms with E-state index in [2.05, 4.69) is 54.0 Å². The summed E-state index contributed by atoms with van der Waals surface area (Å²) >= 11 is 5.39. The van der Waals surface area contributed by atoms with E-state index in [1.54, 1.807) is 0 Å². The summed E-state index contributed by atoms with van der Waals surface area (Å²) in [7, 11) is 0. The highest BCUT2D eigenvalue weighted by atomic mass is 79.9. The van der Waals surface area contributed by atoms with Crippen molar-refractivity contribution in [1.29, 1.82) is 0 Å². The van der Waals surface area contributed by atoms with Crippen molar-refractivity contribution in [3.63, 3.8) is 0 Å². The molecule has 2 heteroatoms. The summed E-state index contributed by atoms with van der Waals surface area (Å²) in [6.45, 7) is 4.47. The molecule has 12 heavy (non-hydrogen) atoms. The molecular weight excluding hydrogens is 232 g/mol. The largest absolute Gasteiger partial charge is 0.123 e. The van der Waals surface area contributed by atoms with Crippen molar-refractivity contribution < 1.29 is 0 Å². The van der Waals surface area contributed by atoms with Crippen molar-refractivity contribution in [3.05, 3.63) is 28.7 Å². The molecule has 0 radical (unpaired) electrons. The average Bonchev–Trinajstić information content (AvgIpc) is 2.04. The standard InChI is InChI=1S/C10H13BrS/c1-3-8(2)12-10-6-4-5-9(11)7-10/h4-8H,3H2,1-2H3. The van der Waals surface area contributed by atoms with Gasteiger partial charge in [-0.25, -0.2) is 0 Å². The fourth-order valence-electron chi connectivity index (χ4n) is 0.856.